The van der Waals surface area contributed by atoms with Gasteiger partial charge < -0.3 is 9.64 Å². The first-order valence-electron chi connectivity index (χ1n) is 6.89. The number of morpholine rings is 1. The van der Waals surface area contributed by atoms with Crippen LogP contribution >= 0.6 is 11.3 Å². The summed E-state index contributed by atoms with van der Waals surface area (Å²) >= 11 is 1.84. The van der Waals surface area contributed by atoms with E-state index in [4.69, 9.17) is 4.74 Å². The zero-order valence-corrected chi connectivity index (χ0v) is 12.1. The number of hydrogen-bond acceptors (Lipinski definition) is 4. The van der Waals surface area contributed by atoms with Crippen LogP contribution in [0.1, 0.15) is 17.4 Å². The molecule has 3 heterocycles. The summed E-state index contributed by atoms with van der Waals surface area (Å²) in [7, 11) is 0. The molecule has 0 saturated carbocycles. The largest absolute Gasteiger partial charge is 0.375 e. The van der Waals surface area contributed by atoms with Crippen molar-refractivity contribution in [3.05, 3.63) is 21.9 Å². The lowest BCUT2D eigenvalue weighted by molar-refractivity contribution is -0.139. The summed E-state index contributed by atoms with van der Waals surface area (Å²) in [5.41, 5.74) is 1.40. The van der Waals surface area contributed by atoms with E-state index in [0.29, 0.717) is 13.2 Å². The maximum absolute atomic E-state index is 12.3. The summed E-state index contributed by atoms with van der Waals surface area (Å²) in [6.07, 6.45) is 1.25. The molecule has 0 aromatic carbocycles. The lowest BCUT2D eigenvalue weighted by Gasteiger charge is -2.34. The highest BCUT2D eigenvalue weighted by Crippen LogP contribution is 2.23. The number of nitrogens with zero attached hydrogens (tertiary/aromatic N) is 2. The van der Waals surface area contributed by atoms with Crippen molar-refractivity contribution in [2.75, 3.05) is 32.8 Å². The van der Waals surface area contributed by atoms with Gasteiger partial charge in [0.05, 0.1) is 19.3 Å². The maximum atomic E-state index is 12.3. The average molecular weight is 280 g/mol. The van der Waals surface area contributed by atoms with Gasteiger partial charge in [-0.2, -0.15) is 0 Å². The zero-order chi connectivity index (χ0) is 13.2. The van der Waals surface area contributed by atoms with Crippen molar-refractivity contribution in [1.82, 2.24) is 9.80 Å². The molecule has 1 atom stereocenters. The van der Waals surface area contributed by atoms with E-state index in [1.807, 2.05) is 23.2 Å². The van der Waals surface area contributed by atoms with E-state index in [0.717, 1.165) is 32.6 Å². The molecule has 0 N–H and O–H groups in total. The number of rotatable bonds is 2. The highest BCUT2D eigenvalue weighted by Gasteiger charge is 2.25. The second kappa shape index (κ2) is 5.61. The molecule has 0 radical (unpaired) electrons. The molecule has 0 spiro atoms. The predicted octanol–water partition coefficient (Wildman–Crippen LogP) is 1.35. The molecule has 3 rings (SSSR count). The molecule has 0 bridgehead atoms. The van der Waals surface area contributed by atoms with Gasteiger partial charge in [-0.25, -0.2) is 0 Å². The van der Waals surface area contributed by atoms with Crippen LogP contribution in [0.5, 0.6) is 0 Å². The van der Waals surface area contributed by atoms with Crippen LogP contribution < -0.4 is 0 Å². The van der Waals surface area contributed by atoms with Crippen molar-refractivity contribution >= 4 is 17.2 Å². The van der Waals surface area contributed by atoms with Crippen LogP contribution in [0.3, 0.4) is 0 Å². The third kappa shape index (κ3) is 2.99. The SMILES string of the molecule is CC1CN(C(=O)CN2CCc3sccc3C2)CCO1. The van der Waals surface area contributed by atoms with Crippen LogP contribution in [0.2, 0.25) is 0 Å². The van der Waals surface area contributed by atoms with Crippen LogP contribution in [-0.2, 0) is 22.5 Å². The van der Waals surface area contributed by atoms with Crippen molar-refractivity contribution < 1.29 is 9.53 Å². The minimum Gasteiger partial charge on any atom is -0.375 e. The van der Waals surface area contributed by atoms with E-state index in [1.165, 1.54) is 10.4 Å². The summed E-state index contributed by atoms with van der Waals surface area (Å²) in [6.45, 7) is 6.63. The second-order valence-corrected chi connectivity index (χ2v) is 6.35. The standard InChI is InChI=1S/C14H20N2O2S/c1-11-8-16(5-6-18-11)14(17)10-15-4-2-13-12(9-15)3-7-19-13/h3,7,11H,2,4-6,8-10H2,1H3. The molecule has 19 heavy (non-hydrogen) atoms. The molecule has 1 amide bonds. The molecular formula is C14H20N2O2S. The van der Waals surface area contributed by atoms with Gasteiger partial charge in [-0.05, 0) is 30.4 Å². The summed E-state index contributed by atoms with van der Waals surface area (Å²) in [5.74, 6) is 0.244. The summed E-state index contributed by atoms with van der Waals surface area (Å²) in [6, 6.07) is 2.19. The molecule has 2 aliphatic rings. The molecule has 5 heteroatoms. The van der Waals surface area contributed by atoms with Gasteiger partial charge in [0.25, 0.3) is 0 Å². The Labute approximate surface area is 118 Å². The zero-order valence-electron chi connectivity index (χ0n) is 11.3. The molecule has 1 unspecified atom stereocenters. The number of carbonyl (C=O) groups is 1. The Bertz CT molecular complexity index is 460. The maximum Gasteiger partial charge on any atom is 0.236 e. The number of hydrogen-bond donors (Lipinski definition) is 0. The molecule has 1 saturated heterocycles. The molecule has 0 aliphatic carbocycles. The third-order valence-corrected chi connectivity index (χ3v) is 4.86. The van der Waals surface area contributed by atoms with Crippen LogP contribution in [0.15, 0.2) is 11.4 Å². The highest BCUT2D eigenvalue weighted by atomic mass is 32.1. The Hall–Kier alpha value is -0.910. The number of thiophene rings is 1. The van der Waals surface area contributed by atoms with E-state index >= 15 is 0 Å². The van der Waals surface area contributed by atoms with E-state index in [1.54, 1.807) is 0 Å². The molecule has 4 nitrogen and oxygen atoms in total. The summed E-state index contributed by atoms with van der Waals surface area (Å²) < 4.78 is 5.48. The van der Waals surface area contributed by atoms with Gasteiger partial charge in [0.1, 0.15) is 0 Å². The topological polar surface area (TPSA) is 32.8 Å². The van der Waals surface area contributed by atoms with E-state index in [9.17, 15) is 4.79 Å². The van der Waals surface area contributed by atoms with Crippen molar-refractivity contribution in [3.63, 3.8) is 0 Å². The Morgan fingerprint density at radius 3 is 3.26 bits per heavy atom. The predicted molar refractivity (Wildman–Crippen MR) is 75.3 cm³/mol. The molecule has 1 aromatic heterocycles. The molecule has 1 fully saturated rings. The molecule has 104 valence electrons. The van der Waals surface area contributed by atoms with Gasteiger partial charge in [0.2, 0.25) is 5.91 Å². The van der Waals surface area contributed by atoms with Crippen molar-refractivity contribution in [2.24, 2.45) is 0 Å². The Kier molecular flexibility index (Phi) is 3.86. The molecular weight excluding hydrogens is 260 g/mol. The normalized spacial score (nSPS) is 24.3. The van der Waals surface area contributed by atoms with Crippen molar-refractivity contribution in [2.45, 2.75) is 26.0 Å². The lowest BCUT2D eigenvalue weighted by Crippen LogP contribution is -2.48. The van der Waals surface area contributed by atoms with E-state index < -0.39 is 0 Å². The second-order valence-electron chi connectivity index (χ2n) is 5.35. The molecule has 1 aromatic rings. The smallest absolute Gasteiger partial charge is 0.236 e. The van der Waals surface area contributed by atoms with Crippen LogP contribution in [0.4, 0.5) is 0 Å². The first-order chi connectivity index (χ1) is 9.22. The first-order valence-corrected chi connectivity index (χ1v) is 7.77. The van der Waals surface area contributed by atoms with Crippen LogP contribution in [0.25, 0.3) is 0 Å². The lowest BCUT2D eigenvalue weighted by atomic mass is 10.1. The fourth-order valence-corrected chi connectivity index (χ4v) is 3.67. The van der Waals surface area contributed by atoms with Crippen LogP contribution in [-0.4, -0.2) is 54.6 Å². The number of ether oxygens (including phenoxy) is 1. The average Bonchev–Trinajstić information content (AvgIpc) is 2.86. The van der Waals surface area contributed by atoms with Crippen molar-refractivity contribution in [3.8, 4) is 0 Å². The fraction of sp³-hybridized carbons (Fsp3) is 0.643. The Morgan fingerprint density at radius 2 is 2.42 bits per heavy atom. The number of amides is 1. The summed E-state index contributed by atoms with van der Waals surface area (Å²) in [5, 5.41) is 2.15. The van der Waals surface area contributed by atoms with Gasteiger partial charge >= 0.3 is 0 Å². The van der Waals surface area contributed by atoms with Gasteiger partial charge in [-0.3, -0.25) is 9.69 Å². The minimum atomic E-state index is 0.169. The van der Waals surface area contributed by atoms with Gasteiger partial charge in [0, 0.05) is 31.1 Å². The Balaban J connectivity index is 1.56. The quantitative estimate of drug-likeness (QED) is 0.820. The van der Waals surface area contributed by atoms with Crippen molar-refractivity contribution in [1.29, 1.82) is 0 Å². The summed E-state index contributed by atoms with van der Waals surface area (Å²) in [4.78, 5) is 18.0. The third-order valence-electron chi connectivity index (χ3n) is 3.84. The van der Waals surface area contributed by atoms with E-state index in [-0.39, 0.29) is 12.0 Å². The van der Waals surface area contributed by atoms with Crippen LogP contribution in [0, 0.1) is 0 Å². The Morgan fingerprint density at radius 1 is 1.53 bits per heavy atom. The molecule has 2 aliphatic heterocycles. The van der Waals surface area contributed by atoms with Gasteiger partial charge in [0.15, 0.2) is 0 Å². The van der Waals surface area contributed by atoms with Gasteiger partial charge in [-0.1, -0.05) is 0 Å². The fourth-order valence-electron chi connectivity index (χ4n) is 2.78. The monoisotopic (exact) mass is 280 g/mol. The first kappa shape index (κ1) is 13.1. The highest BCUT2D eigenvalue weighted by molar-refractivity contribution is 7.10. The minimum absolute atomic E-state index is 0.169. The van der Waals surface area contributed by atoms with Gasteiger partial charge in [-0.15, -0.1) is 11.3 Å². The number of fused-ring (bicyclic) bond motifs is 1. The van der Waals surface area contributed by atoms with E-state index in [2.05, 4.69) is 16.3 Å². The number of carbonyl (C=O) groups excluding carboxylic acids is 1.